The number of aromatic nitrogens is 1. The largest absolute Gasteiger partial charge is 1.00 e. The first kappa shape index (κ1) is 18.3. The number of fused-ring (bicyclic) bond motifs is 1. The number of pyridine rings is 1. The van der Waals surface area contributed by atoms with Gasteiger partial charge in [0.15, 0.2) is 6.20 Å². The lowest BCUT2D eigenvalue weighted by Crippen LogP contribution is -3.00. The number of hydrogen-bond donors (Lipinski definition) is 2. The summed E-state index contributed by atoms with van der Waals surface area (Å²) in [6.07, 6.45) is 2.67. The van der Waals surface area contributed by atoms with Crippen molar-refractivity contribution in [1.82, 2.24) is 5.32 Å². The monoisotopic (exact) mass is 414 g/mol. The van der Waals surface area contributed by atoms with Crippen LogP contribution in [0.4, 0.5) is 0 Å². The molecular formula is C16H19IN2O3. The van der Waals surface area contributed by atoms with Gasteiger partial charge in [-0.2, -0.15) is 0 Å². The smallest absolute Gasteiger partial charge is 0.303 e. The van der Waals surface area contributed by atoms with Crippen LogP contribution in [0.15, 0.2) is 36.5 Å². The van der Waals surface area contributed by atoms with Crippen LogP contribution in [0, 0.1) is 0 Å². The molecule has 1 aromatic heterocycles. The molecule has 0 aliphatic heterocycles. The fourth-order valence-corrected chi connectivity index (χ4v) is 2.28. The summed E-state index contributed by atoms with van der Waals surface area (Å²) in [6, 6.07) is 10.2. The van der Waals surface area contributed by atoms with Crippen molar-refractivity contribution in [3.8, 4) is 0 Å². The Labute approximate surface area is 146 Å². The lowest BCUT2D eigenvalue weighted by atomic mass is 10.1. The van der Waals surface area contributed by atoms with Gasteiger partial charge in [-0.15, -0.1) is 0 Å². The zero-order chi connectivity index (χ0) is 15.2. The summed E-state index contributed by atoms with van der Waals surface area (Å²) in [4.78, 5) is 21.8. The molecule has 0 spiro atoms. The summed E-state index contributed by atoms with van der Waals surface area (Å²) in [5.41, 5.74) is 2.29. The average Bonchev–Trinajstić information content (AvgIpc) is 2.45. The third-order valence-electron chi connectivity index (χ3n) is 3.32. The highest BCUT2D eigenvalue weighted by Gasteiger charge is 2.08. The van der Waals surface area contributed by atoms with Gasteiger partial charge >= 0.3 is 5.97 Å². The molecule has 2 rings (SSSR count). The highest BCUT2D eigenvalue weighted by molar-refractivity contribution is 5.80. The Bertz CT molecular complexity index is 673. The maximum absolute atomic E-state index is 11.4. The van der Waals surface area contributed by atoms with E-state index in [4.69, 9.17) is 5.11 Å². The molecule has 0 saturated heterocycles. The standard InChI is InChI=1S/C16H18N2O3.HI/c1-18-11-12(10-13-4-2-3-5-14(13)18)8-9-17-15(19)6-7-16(20)21;/h2-5,10-11H,6-9H2,1H3,(H-,17,19,20,21);1H. The van der Waals surface area contributed by atoms with Gasteiger partial charge in [0.2, 0.25) is 11.4 Å². The molecule has 0 saturated carbocycles. The number of carbonyl (C=O) groups is 2. The van der Waals surface area contributed by atoms with Crippen LogP contribution < -0.4 is 33.9 Å². The fraction of sp³-hybridized carbons (Fsp3) is 0.312. The van der Waals surface area contributed by atoms with Crippen molar-refractivity contribution < 1.29 is 43.2 Å². The number of carboxylic acid groups (broad SMARTS) is 1. The van der Waals surface area contributed by atoms with Gasteiger partial charge in [-0.3, -0.25) is 9.59 Å². The molecule has 1 aromatic carbocycles. The lowest BCUT2D eigenvalue weighted by molar-refractivity contribution is -0.645. The van der Waals surface area contributed by atoms with Crippen molar-refractivity contribution in [2.45, 2.75) is 19.3 Å². The van der Waals surface area contributed by atoms with E-state index >= 15 is 0 Å². The highest BCUT2D eigenvalue weighted by atomic mass is 127. The summed E-state index contributed by atoms with van der Waals surface area (Å²) in [6.45, 7) is 0.511. The topological polar surface area (TPSA) is 70.3 Å². The lowest BCUT2D eigenvalue weighted by Gasteiger charge is -2.05. The average molecular weight is 414 g/mol. The minimum absolute atomic E-state index is 0. The maximum Gasteiger partial charge on any atom is 0.303 e. The number of aryl methyl sites for hydroxylation is 1. The van der Waals surface area contributed by atoms with Crippen LogP contribution in [0.3, 0.4) is 0 Å². The maximum atomic E-state index is 11.4. The van der Waals surface area contributed by atoms with E-state index in [0.29, 0.717) is 6.54 Å². The van der Waals surface area contributed by atoms with E-state index in [2.05, 4.69) is 28.1 Å². The van der Waals surface area contributed by atoms with Crippen molar-refractivity contribution >= 4 is 22.8 Å². The molecule has 0 radical (unpaired) electrons. The van der Waals surface area contributed by atoms with Crippen molar-refractivity contribution in [3.05, 3.63) is 42.1 Å². The van der Waals surface area contributed by atoms with Gasteiger partial charge in [-0.05, 0) is 18.6 Å². The van der Waals surface area contributed by atoms with Crippen molar-refractivity contribution in [1.29, 1.82) is 0 Å². The number of nitrogens with zero attached hydrogens (tertiary/aromatic N) is 1. The Balaban J connectivity index is 0.00000242. The minimum atomic E-state index is -0.952. The van der Waals surface area contributed by atoms with Gasteiger partial charge < -0.3 is 34.4 Å². The number of aliphatic carboxylic acids is 1. The van der Waals surface area contributed by atoms with Crippen LogP contribution in [0.2, 0.25) is 0 Å². The number of nitrogens with one attached hydrogen (secondary N) is 1. The van der Waals surface area contributed by atoms with Crippen molar-refractivity contribution in [3.63, 3.8) is 0 Å². The molecule has 0 aliphatic rings. The second kappa shape index (κ2) is 8.67. The van der Waals surface area contributed by atoms with Crippen LogP contribution in [0.1, 0.15) is 18.4 Å². The zero-order valence-corrected chi connectivity index (χ0v) is 14.5. The summed E-state index contributed by atoms with van der Waals surface area (Å²) < 4.78 is 2.07. The number of halogens is 1. The quantitative estimate of drug-likeness (QED) is 0.433. The molecule has 22 heavy (non-hydrogen) atoms. The molecule has 1 amide bonds. The van der Waals surface area contributed by atoms with Gasteiger partial charge in [-0.1, -0.05) is 12.1 Å². The number of amides is 1. The summed E-state index contributed by atoms with van der Waals surface area (Å²) in [5, 5.41) is 12.4. The molecule has 0 aliphatic carbocycles. The fourth-order valence-electron chi connectivity index (χ4n) is 2.28. The first-order chi connectivity index (χ1) is 10.1. The van der Waals surface area contributed by atoms with E-state index < -0.39 is 5.97 Å². The van der Waals surface area contributed by atoms with Crippen molar-refractivity contribution in [2.75, 3.05) is 6.54 Å². The summed E-state index contributed by atoms with van der Waals surface area (Å²) in [5.74, 6) is -1.17. The molecule has 0 unspecified atom stereocenters. The molecule has 0 bridgehead atoms. The predicted octanol–water partition coefficient (Wildman–Crippen LogP) is -1.81. The second-order valence-corrected chi connectivity index (χ2v) is 5.01. The number of rotatable bonds is 6. The first-order valence-corrected chi connectivity index (χ1v) is 6.92. The van der Waals surface area contributed by atoms with E-state index in [0.717, 1.165) is 22.9 Å². The number of carbonyl (C=O) groups excluding carboxylic acids is 1. The highest BCUT2D eigenvalue weighted by Crippen LogP contribution is 2.11. The summed E-state index contributed by atoms with van der Waals surface area (Å²) in [7, 11) is 2.00. The van der Waals surface area contributed by atoms with Crippen LogP contribution in [0.25, 0.3) is 10.9 Å². The normalized spacial score (nSPS) is 10.0. The summed E-state index contributed by atoms with van der Waals surface area (Å²) >= 11 is 0. The third-order valence-corrected chi connectivity index (χ3v) is 3.32. The van der Waals surface area contributed by atoms with Gasteiger partial charge in [-0.25, -0.2) is 4.57 Å². The molecule has 118 valence electrons. The number of carboxylic acids is 1. The van der Waals surface area contributed by atoms with Gasteiger partial charge in [0.1, 0.15) is 7.05 Å². The third kappa shape index (κ3) is 5.25. The predicted molar refractivity (Wildman–Crippen MR) is 78.7 cm³/mol. The molecular weight excluding hydrogens is 395 g/mol. The minimum Gasteiger partial charge on any atom is -1.00 e. The molecule has 5 nitrogen and oxygen atoms in total. The van der Waals surface area contributed by atoms with Gasteiger partial charge in [0.25, 0.3) is 0 Å². The Morgan fingerprint density at radius 3 is 2.68 bits per heavy atom. The molecule has 6 heteroatoms. The number of benzene rings is 1. The van der Waals surface area contributed by atoms with E-state index in [9.17, 15) is 9.59 Å². The Morgan fingerprint density at radius 1 is 1.23 bits per heavy atom. The SMILES string of the molecule is C[n+]1cc(CCNC(=O)CCC(=O)O)cc2ccccc21.[I-]. The zero-order valence-electron chi connectivity index (χ0n) is 12.4. The van der Waals surface area contributed by atoms with Crippen LogP contribution in [0.5, 0.6) is 0 Å². The van der Waals surface area contributed by atoms with E-state index in [-0.39, 0.29) is 42.7 Å². The van der Waals surface area contributed by atoms with E-state index in [1.165, 1.54) is 0 Å². The van der Waals surface area contributed by atoms with Crippen LogP contribution in [-0.2, 0) is 23.1 Å². The van der Waals surface area contributed by atoms with Crippen molar-refractivity contribution in [2.24, 2.45) is 7.05 Å². The first-order valence-electron chi connectivity index (χ1n) is 6.92. The van der Waals surface area contributed by atoms with Gasteiger partial charge in [0, 0.05) is 30.0 Å². The molecule has 0 atom stereocenters. The van der Waals surface area contributed by atoms with Gasteiger partial charge in [0.05, 0.1) is 6.42 Å². The molecule has 2 aromatic rings. The Morgan fingerprint density at radius 2 is 1.95 bits per heavy atom. The van der Waals surface area contributed by atoms with E-state index in [1.807, 2.05) is 25.4 Å². The van der Waals surface area contributed by atoms with E-state index in [1.54, 1.807) is 0 Å². The molecule has 1 heterocycles. The van der Waals surface area contributed by atoms with Crippen LogP contribution >= 0.6 is 0 Å². The number of para-hydroxylation sites is 1. The second-order valence-electron chi connectivity index (χ2n) is 5.01. The van der Waals surface area contributed by atoms with Crippen LogP contribution in [-0.4, -0.2) is 23.5 Å². The number of hydrogen-bond acceptors (Lipinski definition) is 2. The Kier molecular flexibility index (Phi) is 7.23. The Hall–Kier alpha value is -1.70. The molecule has 0 fully saturated rings. The molecule has 2 N–H and O–H groups in total.